The summed E-state index contributed by atoms with van der Waals surface area (Å²) in [6.07, 6.45) is -0.901. The molecule has 3 aromatic rings. The largest absolute Gasteiger partial charge is 0.419 e. The van der Waals surface area contributed by atoms with Crippen molar-refractivity contribution in [3.63, 3.8) is 0 Å². The maximum Gasteiger partial charge on any atom is 0.419 e. The first-order valence-corrected chi connectivity index (χ1v) is 10.7. The van der Waals surface area contributed by atoms with Crippen molar-refractivity contribution in [1.29, 1.82) is 0 Å². The van der Waals surface area contributed by atoms with Gasteiger partial charge in [0.2, 0.25) is 5.95 Å². The maximum absolute atomic E-state index is 14.6. The lowest BCUT2D eigenvalue weighted by Crippen LogP contribution is -2.57. The SMILES string of the molecule is Cc1ccc(-n2nccn2)c(C(=O)N2CC(F)(F)CC(C)C2CNc2ncc(C(F)(F)F)cn2)c1. The maximum atomic E-state index is 14.6. The zero-order chi connectivity index (χ0) is 25.4. The summed E-state index contributed by atoms with van der Waals surface area (Å²) in [6.45, 7) is 2.52. The molecule has 4 rings (SSSR count). The molecule has 13 heteroatoms. The number of nitrogens with zero attached hydrogens (tertiary/aromatic N) is 6. The summed E-state index contributed by atoms with van der Waals surface area (Å²) in [5.41, 5.74) is 0.227. The molecule has 0 saturated carbocycles. The molecule has 2 atom stereocenters. The van der Waals surface area contributed by atoms with Gasteiger partial charge < -0.3 is 10.2 Å². The van der Waals surface area contributed by atoms with Gasteiger partial charge >= 0.3 is 6.18 Å². The van der Waals surface area contributed by atoms with E-state index in [1.165, 1.54) is 17.2 Å². The quantitative estimate of drug-likeness (QED) is 0.539. The first-order valence-electron chi connectivity index (χ1n) is 10.7. The Morgan fingerprint density at radius 3 is 2.46 bits per heavy atom. The third-order valence-electron chi connectivity index (χ3n) is 5.81. The van der Waals surface area contributed by atoms with Crippen LogP contribution in [0.5, 0.6) is 0 Å². The van der Waals surface area contributed by atoms with E-state index >= 15 is 0 Å². The van der Waals surface area contributed by atoms with Crippen LogP contribution in [0.15, 0.2) is 43.0 Å². The van der Waals surface area contributed by atoms with E-state index in [4.69, 9.17) is 0 Å². The molecule has 35 heavy (non-hydrogen) atoms. The number of aryl methyl sites for hydroxylation is 1. The molecule has 2 unspecified atom stereocenters. The van der Waals surface area contributed by atoms with E-state index in [1.807, 2.05) is 0 Å². The Hall–Kier alpha value is -3.64. The van der Waals surface area contributed by atoms with Gasteiger partial charge in [0.25, 0.3) is 11.8 Å². The predicted molar refractivity (Wildman–Crippen MR) is 115 cm³/mol. The number of benzene rings is 1. The van der Waals surface area contributed by atoms with Gasteiger partial charge in [-0.15, -0.1) is 0 Å². The van der Waals surface area contributed by atoms with E-state index in [9.17, 15) is 26.7 Å². The Morgan fingerprint density at radius 2 is 1.83 bits per heavy atom. The van der Waals surface area contributed by atoms with Crippen LogP contribution in [-0.4, -0.2) is 60.8 Å². The molecule has 1 N–H and O–H groups in total. The molecule has 0 aliphatic carbocycles. The van der Waals surface area contributed by atoms with Crippen LogP contribution < -0.4 is 5.32 Å². The Balaban J connectivity index is 1.61. The highest BCUT2D eigenvalue weighted by Crippen LogP contribution is 2.36. The number of piperidine rings is 1. The molecule has 8 nitrogen and oxygen atoms in total. The summed E-state index contributed by atoms with van der Waals surface area (Å²) in [5.74, 6) is -4.47. The molecule has 1 aromatic carbocycles. The van der Waals surface area contributed by atoms with Crippen LogP contribution in [0.25, 0.3) is 5.69 Å². The first kappa shape index (κ1) is 24.5. The van der Waals surface area contributed by atoms with E-state index in [2.05, 4.69) is 25.5 Å². The van der Waals surface area contributed by atoms with Gasteiger partial charge in [-0.1, -0.05) is 18.6 Å². The second kappa shape index (κ2) is 9.19. The van der Waals surface area contributed by atoms with Crippen molar-refractivity contribution < 1.29 is 26.7 Å². The van der Waals surface area contributed by atoms with Gasteiger partial charge in [0.05, 0.1) is 41.8 Å². The van der Waals surface area contributed by atoms with Crippen molar-refractivity contribution in [3.05, 3.63) is 59.7 Å². The molecule has 0 bridgehead atoms. The number of aromatic nitrogens is 5. The molecule has 1 fully saturated rings. The highest BCUT2D eigenvalue weighted by Gasteiger charge is 2.46. The van der Waals surface area contributed by atoms with Crippen LogP contribution >= 0.6 is 0 Å². The van der Waals surface area contributed by atoms with Crippen LogP contribution in [0.3, 0.4) is 0 Å². The number of carbonyl (C=O) groups is 1. The third kappa shape index (κ3) is 5.38. The minimum atomic E-state index is -4.58. The fourth-order valence-corrected chi connectivity index (χ4v) is 4.13. The molecule has 1 amide bonds. The van der Waals surface area contributed by atoms with Gasteiger partial charge in [-0.3, -0.25) is 4.79 Å². The van der Waals surface area contributed by atoms with E-state index in [0.717, 1.165) is 10.5 Å². The minimum absolute atomic E-state index is 0.0322. The number of hydrogen-bond acceptors (Lipinski definition) is 6. The molecule has 0 spiro atoms. The molecular formula is C22H22F5N7O. The van der Waals surface area contributed by atoms with Crippen molar-refractivity contribution in [2.45, 2.75) is 38.4 Å². The average molecular weight is 495 g/mol. The van der Waals surface area contributed by atoms with Gasteiger partial charge in [-0.25, -0.2) is 18.7 Å². The molecule has 0 radical (unpaired) electrons. The lowest BCUT2D eigenvalue weighted by Gasteiger charge is -2.43. The molecular weight excluding hydrogens is 473 g/mol. The molecule has 1 aliphatic heterocycles. The second-order valence-corrected chi connectivity index (χ2v) is 8.55. The van der Waals surface area contributed by atoms with Gasteiger partial charge in [-0.05, 0) is 25.0 Å². The fraction of sp³-hybridized carbons (Fsp3) is 0.409. The summed E-state index contributed by atoms with van der Waals surface area (Å²) >= 11 is 0. The summed E-state index contributed by atoms with van der Waals surface area (Å²) < 4.78 is 67.4. The molecule has 1 saturated heterocycles. The number of alkyl halides is 5. The van der Waals surface area contributed by atoms with Gasteiger partial charge in [0, 0.05) is 25.4 Å². The summed E-state index contributed by atoms with van der Waals surface area (Å²) in [6, 6.07) is 4.27. The van der Waals surface area contributed by atoms with Crippen LogP contribution in [0.4, 0.5) is 27.9 Å². The Morgan fingerprint density at radius 1 is 1.17 bits per heavy atom. The van der Waals surface area contributed by atoms with Crippen molar-refractivity contribution in [3.8, 4) is 5.69 Å². The number of anilines is 1. The zero-order valence-electron chi connectivity index (χ0n) is 18.8. The Bertz CT molecular complexity index is 1180. The van der Waals surface area contributed by atoms with Crippen molar-refractivity contribution in [2.24, 2.45) is 5.92 Å². The fourth-order valence-electron chi connectivity index (χ4n) is 4.13. The predicted octanol–water partition coefficient (Wildman–Crippen LogP) is 3.98. The number of carbonyl (C=O) groups excluding carboxylic acids is 1. The first-order chi connectivity index (χ1) is 16.4. The molecule has 1 aliphatic rings. The van der Waals surface area contributed by atoms with Crippen LogP contribution in [0.1, 0.15) is 34.8 Å². The van der Waals surface area contributed by atoms with E-state index in [1.54, 1.807) is 32.0 Å². The normalized spacial score (nSPS) is 20.0. The monoisotopic (exact) mass is 495 g/mol. The minimum Gasteiger partial charge on any atom is -0.352 e. The van der Waals surface area contributed by atoms with Crippen molar-refractivity contribution >= 4 is 11.9 Å². The standard InChI is InChI=1S/C22H22F5N7O/c1-13-3-4-17(34-31-5-6-32-34)16(7-13)19(35)33-12-21(23,24)8-14(2)18(33)11-30-20-28-9-15(10-29-20)22(25,26)27/h3-7,9-10,14,18H,8,11-12H2,1-2H3,(H,28,29,30). The smallest absolute Gasteiger partial charge is 0.352 e. The topological polar surface area (TPSA) is 88.8 Å². The van der Waals surface area contributed by atoms with E-state index in [0.29, 0.717) is 18.1 Å². The number of rotatable bonds is 5. The molecule has 186 valence electrons. The van der Waals surface area contributed by atoms with Gasteiger partial charge in [0.1, 0.15) is 0 Å². The highest BCUT2D eigenvalue weighted by atomic mass is 19.4. The lowest BCUT2D eigenvalue weighted by atomic mass is 9.87. The Labute approximate surface area is 197 Å². The number of likely N-dealkylation sites (tertiary alicyclic amines) is 1. The second-order valence-electron chi connectivity index (χ2n) is 8.55. The average Bonchev–Trinajstić information content (AvgIpc) is 3.31. The number of halogens is 5. The number of amides is 1. The third-order valence-corrected chi connectivity index (χ3v) is 5.81. The van der Waals surface area contributed by atoms with Gasteiger partial charge in [0.15, 0.2) is 0 Å². The van der Waals surface area contributed by atoms with Gasteiger partial charge in [-0.2, -0.15) is 28.2 Å². The van der Waals surface area contributed by atoms with Crippen LogP contribution in [0.2, 0.25) is 0 Å². The van der Waals surface area contributed by atoms with E-state index < -0.39 is 48.5 Å². The number of nitrogens with one attached hydrogen (secondary N) is 1. The molecule has 2 aromatic heterocycles. The molecule has 3 heterocycles. The highest BCUT2D eigenvalue weighted by molar-refractivity contribution is 5.98. The van der Waals surface area contributed by atoms with Crippen molar-refractivity contribution in [1.82, 2.24) is 29.9 Å². The summed E-state index contributed by atoms with van der Waals surface area (Å²) in [5, 5.41) is 10.9. The Kier molecular flexibility index (Phi) is 6.43. The zero-order valence-corrected chi connectivity index (χ0v) is 18.8. The lowest BCUT2D eigenvalue weighted by molar-refractivity contribution is -0.138. The summed E-state index contributed by atoms with van der Waals surface area (Å²) in [7, 11) is 0. The van der Waals surface area contributed by atoms with E-state index in [-0.39, 0.29) is 18.1 Å². The van der Waals surface area contributed by atoms with Crippen LogP contribution in [0, 0.1) is 12.8 Å². The number of hydrogen-bond donors (Lipinski definition) is 1. The van der Waals surface area contributed by atoms with Crippen LogP contribution in [-0.2, 0) is 6.18 Å². The summed E-state index contributed by atoms with van der Waals surface area (Å²) in [4.78, 5) is 23.3. The van der Waals surface area contributed by atoms with Crippen molar-refractivity contribution in [2.75, 3.05) is 18.4 Å².